The smallest absolute Gasteiger partial charge is 0.222 e. The molecule has 0 saturated carbocycles. The second kappa shape index (κ2) is 8.52. The number of unbranched alkanes of at least 4 members (excludes halogenated alkanes) is 1. The number of amides is 1. The first kappa shape index (κ1) is 12.9. The molecule has 4 heteroatoms. The number of nitrogens with zero attached hydrogens (tertiary/aromatic N) is 1. The third-order valence-electron chi connectivity index (χ3n) is 2.05. The first-order valence-electron chi connectivity index (χ1n) is 5.07. The number of nitrogens with two attached hydrogens (primary N) is 1. The van der Waals surface area contributed by atoms with E-state index >= 15 is 0 Å². The third-order valence-corrected chi connectivity index (χ3v) is 2.05. The van der Waals surface area contributed by atoms with Crippen LogP contribution in [-0.2, 0) is 4.79 Å². The zero-order chi connectivity index (χ0) is 10.8. The van der Waals surface area contributed by atoms with Crippen LogP contribution in [0.4, 0.5) is 0 Å². The number of rotatable bonds is 7. The first-order chi connectivity index (χ1) is 6.72. The standard InChI is InChI=1S/C10H19N3O/c1-9(5-4-7-12)10(14)13-8-3-2-6-11/h9H,2-5,7-8,12H2,1H3,(H,13,14). The average Bonchev–Trinajstić information content (AvgIpc) is 2.20. The highest BCUT2D eigenvalue weighted by atomic mass is 16.1. The van der Waals surface area contributed by atoms with E-state index in [1.807, 2.05) is 13.0 Å². The molecule has 0 heterocycles. The number of hydrogen-bond acceptors (Lipinski definition) is 3. The normalized spacial score (nSPS) is 11.8. The average molecular weight is 197 g/mol. The Morgan fingerprint density at radius 3 is 2.86 bits per heavy atom. The van der Waals surface area contributed by atoms with Gasteiger partial charge in [0.25, 0.3) is 0 Å². The number of carbonyl (C=O) groups is 1. The fourth-order valence-electron chi connectivity index (χ4n) is 1.11. The van der Waals surface area contributed by atoms with Gasteiger partial charge < -0.3 is 11.1 Å². The Morgan fingerprint density at radius 1 is 1.57 bits per heavy atom. The molecule has 0 fully saturated rings. The molecule has 3 N–H and O–H groups in total. The molecular weight excluding hydrogens is 178 g/mol. The van der Waals surface area contributed by atoms with E-state index < -0.39 is 0 Å². The highest BCUT2D eigenvalue weighted by molar-refractivity contribution is 5.78. The van der Waals surface area contributed by atoms with E-state index in [9.17, 15) is 4.79 Å². The lowest BCUT2D eigenvalue weighted by atomic mass is 10.1. The number of nitrogens with one attached hydrogen (secondary N) is 1. The molecule has 1 amide bonds. The van der Waals surface area contributed by atoms with Gasteiger partial charge in [-0.25, -0.2) is 0 Å². The van der Waals surface area contributed by atoms with E-state index in [0.29, 0.717) is 19.5 Å². The topological polar surface area (TPSA) is 78.9 Å². The SMILES string of the molecule is CC(CCCN)C(=O)NCCCC#N. The first-order valence-corrected chi connectivity index (χ1v) is 5.07. The van der Waals surface area contributed by atoms with E-state index in [2.05, 4.69) is 5.32 Å². The van der Waals surface area contributed by atoms with Crippen LogP contribution in [-0.4, -0.2) is 19.0 Å². The van der Waals surface area contributed by atoms with Crippen LogP contribution in [0.1, 0.15) is 32.6 Å². The zero-order valence-electron chi connectivity index (χ0n) is 8.75. The van der Waals surface area contributed by atoms with Crippen LogP contribution < -0.4 is 11.1 Å². The zero-order valence-corrected chi connectivity index (χ0v) is 8.75. The van der Waals surface area contributed by atoms with Crippen molar-refractivity contribution in [1.82, 2.24) is 5.32 Å². The van der Waals surface area contributed by atoms with Crippen LogP contribution in [0.15, 0.2) is 0 Å². The molecule has 0 aliphatic rings. The van der Waals surface area contributed by atoms with Crippen LogP contribution in [0, 0.1) is 17.2 Å². The molecule has 80 valence electrons. The predicted octanol–water partition coefficient (Wildman–Crippen LogP) is 0.781. The molecule has 0 aliphatic carbocycles. The minimum absolute atomic E-state index is 0.0284. The van der Waals surface area contributed by atoms with E-state index in [4.69, 9.17) is 11.0 Å². The van der Waals surface area contributed by atoms with Crippen LogP contribution in [0.5, 0.6) is 0 Å². The molecule has 0 rings (SSSR count). The summed E-state index contributed by atoms with van der Waals surface area (Å²) < 4.78 is 0. The van der Waals surface area contributed by atoms with Crippen molar-refractivity contribution >= 4 is 5.91 Å². The minimum Gasteiger partial charge on any atom is -0.356 e. The van der Waals surface area contributed by atoms with Crippen molar-refractivity contribution in [2.24, 2.45) is 11.7 Å². The molecule has 0 aliphatic heterocycles. The van der Waals surface area contributed by atoms with E-state index in [0.717, 1.165) is 19.3 Å². The molecule has 0 aromatic heterocycles. The van der Waals surface area contributed by atoms with Crippen molar-refractivity contribution < 1.29 is 4.79 Å². The molecule has 0 radical (unpaired) electrons. The maximum atomic E-state index is 11.4. The van der Waals surface area contributed by atoms with Crippen LogP contribution in [0.25, 0.3) is 0 Å². The van der Waals surface area contributed by atoms with Gasteiger partial charge in [-0.3, -0.25) is 4.79 Å². The molecule has 1 unspecified atom stereocenters. The van der Waals surface area contributed by atoms with Gasteiger partial charge in [-0.2, -0.15) is 5.26 Å². The molecule has 1 atom stereocenters. The van der Waals surface area contributed by atoms with Gasteiger partial charge in [0.2, 0.25) is 5.91 Å². The molecule has 4 nitrogen and oxygen atoms in total. The molecule has 0 aromatic carbocycles. The van der Waals surface area contributed by atoms with Crippen molar-refractivity contribution in [3.8, 4) is 6.07 Å². The Labute approximate surface area is 85.5 Å². The number of nitriles is 1. The van der Waals surface area contributed by atoms with E-state index in [1.54, 1.807) is 0 Å². The summed E-state index contributed by atoms with van der Waals surface area (Å²) >= 11 is 0. The molecule has 0 bridgehead atoms. The number of hydrogen-bond donors (Lipinski definition) is 2. The largest absolute Gasteiger partial charge is 0.356 e. The van der Waals surface area contributed by atoms with Crippen molar-refractivity contribution in [2.45, 2.75) is 32.6 Å². The molecule has 0 saturated heterocycles. The second-order valence-electron chi connectivity index (χ2n) is 3.38. The van der Waals surface area contributed by atoms with Gasteiger partial charge in [-0.1, -0.05) is 6.92 Å². The highest BCUT2D eigenvalue weighted by Gasteiger charge is 2.10. The summed E-state index contributed by atoms with van der Waals surface area (Å²) in [6.45, 7) is 3.13. The fraction of sp³-hybridized carbons (Fsp3) is 0.800. The van der Waals surface area contributed by atoms with Crippen molar-refractivity contribution in [2.75, 3.05) is 13.1 Å². The Morgan fingerprint density at radius 2 is 2.29 bits per heavy atom. The summed E-state index contributed by atoms with van der Waals surface area (Å²) in [4.78, 5) is 11.4. The monoisotopic (exact) mass is 197 g/mol. The summed E-state index contributed by atoms with van der Waals surface area (Å²) in [6, 6.07) is 2.04. The van der Waals surface area contributed by atoms with Crippen molar-refractivity contribution in [1.29, 1.82) is 5.26 Å². The Hall–Kier alpha value is -1.08. The second-order valence-corrected chi connectivity index (χ2v) is 3.38. The maximum Gasteiger partial charge on any atom is 0.222 e. The summed E-state index contributed by atoms with van der Waals surface area (Å²) in [5.74, 6) is 0.0945. The summed E-state index contributed by atoms with van der Waals surface area (Å²) in [5.41, 5.74) is 5.35. The summed E-state index contributed by atoms with van der Waals surface area (Å²) in [5, 5.41) is 11.1. The van der Waals surface area contributed by atoms with Crippen LogP contribution in [0.3, 0.4) is 0 Å². The Bertz CT molecular complexity index is 198. The van der Waals surface area contributed by atoms with Crippen LogP contribution >= 0.6 is 0 Å². The molecule has 0 spiro atoms. The van der Waals surface area contributed by atoms with Gasteiger partial charge in [0.05, 0.1) is 6.07 Å². The van der Waals surface area contributed by atoms with E-state index in [1.165, 1.54) is 0 Å². The lowest BCUT2D eigenvalue weighted by Gasteiger charge is -2.10. The van der Waals surface area contributed by atoms with Gasteiger partial charge in [-0.05, 0) is 25.8 Å². The van der Waals surface area contributed by atoms with E-state index in [-0.39, 0.29) is 11.8 Å². The highest BCUT2D eigenvalue weighted by Crippen LogP contribution is 2.04. The number of carbonyl (C=O) groups excluding carboxylic acids is 1. The quantitative estimate of drug-likeness (QED) is 0.592. The van der Waals surface area contributed by atoms with Gasteiger partial charge in [0, 0.05) is 18.9 Å². The lowest BCUT2D eigenvalue weighted by molar-refractivity contribution is -0.124. The van der Waals surface area contributed by atoms with Crippen molar-refractivity contribution in [3.63, 3.8) is 0 Å². The maximum absolute atomic E-state index is 11.4. The van der Waals surface area contributed by atoms with Gasteiger partial charge in [-0.15, -0.1) is 0 Å². The summed E-state index contributed by atoms with van der Waals surface area (Å²) in [6.07, 6.45) is 2.94. The van der Waals surface area contributed by atoms with Gasteiger partial charge in [0.1, 0.15) is 0 Å². The molecule has 0 aromatic rings. The Balaban J connectivity index is 3.47. The predicted molar refractivity (Wildman–Crippen MR) is 55.3 cm³/mol. The van der Waals surface area contributed by atoms with Gasteiger partial charge in [0.15, 0.2) is 0 Å². The fourth-order valence-corrected chi connectivity index (χ4v) is 1.11. The third kappa shape index (κ3) is 6.44. The lowest BCUT2D eigenvalue weighted by Crippen LogP contribution is -2.30. The molecular formula is C10H19N3O. The van der Waals surface area contributed by atoms with Crippen LogP contribution in [0.2, 0.25) is 0 Å². The van der Waals surface area contributed by atoms with Gasteiger partial charge >= 0.3 is 0 Å². The van der Waals surface area contributed by atoms with Crippen molar-refractivity contribution in [3.05, 3.63) is 0 Å². The minimum atomic E-state index is 0.0284. The Kier molecular flexibility index (Phi) is 7.86. The molecule has 14 heavy (non-hydrogen) atoms. The summed E-state index contributed by atoms with van der Waals surface area (Å²) in [7, 11) is 0.